The van der Waals surface area contributed by atoms with Crippen LogP contribution in [0.2, 0.25) is 0 Å². The zero-order chi connectivity index (χ0) is 16.2. The summed E-state index contributed by atoms with van der Waals surface area (Å²) in [6, 6.07) is 18.2. The molecule has 4 heteroatoms. The molecule has 0 aliphatic heterocycles. The predicted octanol–water partition coefficient (Wildman–Crippen LogP) is 3.54. The Hall–Kier alpha value is -3.06. The van der Waals surface area contributed by atoms with Crippen molar-refractivity contribution in [3.05, 3.63) is 72.1 Å². The van der Waals surface area contributed by atoms with E-state index in [1.54, 1.807) is 6.20 Å². The van der Waals surface area contributed by atoms with E-state index >= 15 is 0 Å². The molecule has 0 unspecified atom stereocenters. The van der Waals surface area contributed by atoms with Crippen molar-refractivity contribution in [2.24, 2.45) is 0 Å². The van der Waals surface area contributed by atoms with Gasteiger partial charge in [-0.15, -0.1) is 0 Å². The molecule has 0 fully saturated rings. The van der Waals surface area contributed by atoms with Gasteiger partial charge in [0.15, 0.2) is 0 Å². The number of hydrogen-bond acceptors (Lipinski definition) is 3. The second-order valence-electron chi connectivity index (χ2n) is 5.59. The minimum absolute atomic E-state index is 0.633. The highest BCUT2D eigenvalue weighted by molar-refractivity contribution is 5.60. The van der Waals surface area contributed by atoms with E-state index in [2.05, 4.69) is 44.8 Å². The molecule has 23 heavy (non-hydrogen) atoms. The average molecular weight is 302 g/mol. The highest BCUT2D eigenvalue weighted by Gasteiger charge is 2.09. The molecule has 0 spiro atoms. The first-order valence-corrected chi connectivity index (χ1v) is 7.46. The number of nitrogens with zero attached hydrogens (tertiary/aromatic N) is 4. The Labute approximate surface area is 136 Å². The zero-order valence-corrected chi connectivity index (χ0v) is 13.3. The van der Waals surface area contributed by atoms with Crippen LogP contribution >= 0.6 is 0 Å². The smallest absolute Gasteiger partial charge is 0.140 e. The standard InChI is InChI=1S/C19H18N4/c1-22(2)18-9-7-15(8-10-18)19-21-11-12-23(19)14-17-6-4-3-5-16(17)13-20/h3-12H,14H2,1-2H3. The van der Waals surface area contributed by atoms with Crippen LogP contribution in [0.15, 0.2) is 60.9 Å². The van der Waals surface area contributed by atoms with Crippen LogP contribution in [0, 0.1) is 11.3 Å². The third-order valence-electron chi connectivity index (χ3n) is 3.84. The first-order valence-electron chi connectivity index (χ1n) is 7.46. The summed E-state index contributed by atoms with van der Waals surface area (Å²) in [5.41, 5.74) is 3.92. The number of anilines is 1. The highest BCUT2D eigenvalue weighted by atomic mass is 15.1. The van der Waals surface area contributed by atoms with E-state index in [1.807, 2.05) is 44.6 Å². The van der Waals surface area contributed by atoms with E-state index in [0.29, 0.717) is 12.1 Å². The van der Waals surface area contributed by atoms with Gasteiger partial charge in [-0.1, -0.05) is 18.2 Å². The molecule has 2 aromatic carbocycles. The van der Waals surface area contributed by atoms with Crippen molar-refractivity contribution >= 4 is 5.69 Å². The molecular formula is C19H18N4. The first kappa shape index (κ1) is 14.9. The third kappa shape index (κ3) is 3.09. The van der Waals surface area contributed by atoms with Crippen molar-refractivity contribution in [2.45, 2.75) is 6.54 Å². The molecule has 0 N–H and O–H groups in total. The number of aromatic nitrogens is 2. The fourth-order valence-electron chi connectivity index (χ4n) is 2.56. The normalized spacial score (nSPS) is 10.3. The lowest BCUT2D eigenvalue weighted by molar-refractivity contribution is 0.805. The molecule has 0 amide bonds. The summed E-state index contributed by atoms with van der Waals surface area (Å²) in [4.78, 5) is 6.55. The summed E-state index contributed by atoms with van der Waals surface area (Å²) < 4.78 is 2.07. The molecule has 0 saturated heterocycles. The van der Waals surface area contributed by atoms with E-state index in [4.69, 9.17) is 0 Å². The molecule has 0 atom stereocenters. The van der Waals surface area contributed by atoms with Crippen LogP contribution in [0.25, 0.3) is 11.4 Å². The number of benzene rings is 2. The summed E-state index contributed by atoms with van der Waals surface area (Å²) in [5, 5.41) is 9.24. The van der Waals surface area contributed by atoms with Gasteiger partial charge in [0.25, 0.3) is 0 Å². The van der Waals surface area contributed by atoms with Crippen LogP contribution in [0.1, 0.15) is 11.1 Å². The minimum Gasteiger partial charge on any atom is -0.378 e. The van der Waals surface area contributed by atoms with Crippen molar-refractivity contribution in [2.75, 3.05) is 19.0 Å². The summed E-state index contributed by atoms with van der Waals surface area (Å²) in [5.74, 6) is 0.906. The maximum absolute atomic E-state index is 9.24. The Morgan fingerprint density at radius 2 is 1.83 bits per heavy atom. The topological polar surface area (TPSA) is 44.9 Å². The molecule has 3 aromatic rings. The monoisotopic (exact) mass is 302 g/mol. The van der Waals surface area contributed by atoms with E-state index in [0.717, 1.165) is 22.6 Å². The van der Waals surface area contributed by atoms with Gasteiger partial charge >= 0.3 is 0 Å². The van der Waals surface area contributed by atoms with Gasteiger partial charge in [-0.3, -0.25) is 0 Å². The summed E-state index contributed by atoms with van der Waals surface area (Å²) in [6.45, 7) is 0.633. The van der Waals surface area contributed by atoms with Gasteiger partial charge in [0, 0.05) is 37.7 Å². The fraction of sp³-hybridized carbons (Fsp3) is 0.158. The number of imidazole rings is 1. The maximum atomic E-state index is 9.24. The van der Waals surface area contributed by atoms with Crippen LogP contribution in [-0.4, -0.2) is 23.6 Å². The summed E-state index contributed by atoms with van der Waals surface area (Å²) >= 11 is 0. The van der Waals surface area contributed by atoms with Crippen LogP contribution in [0.5, 0.6) is 0 Å². The van der Waals surface area contributed by atoms with Crippen molar-refractivity contribution in [3.63, 3.8) is 0 Å². The SMILES string of the molecule is CN(C)c1ccc(-c2nccn2Cc2ccccc2C#N)cc1. The Morgan fingerprint density at radius 3 is 2.52 bits per heavy atom. The molecule has 0 radical (unpaired) electrons. The quantitative estimate of drug-likeness (QED) is 0.740. The number of hydrogen-bond donors (Lipinski definition) is 0. The maximum Gasteiger partial charge on any atom is 0.140 e. The number of nitriles is 1. The Kier molecular flexibility index (Phi) is 4.11. The Bertz CT molecular complexity index is 838. The van der Waals surface area contributed by atoms with E-state index in [9.17, 15) is 5.26 Å². The van der Waals surface area contributed by atoms with E-state index < -0.39 is 0 Å². The molecule has 1 heterocycles. The molecule has 114 valence electrons. The van der Waals surface area contributed by atoms with E-state index in [1.165, 1.54) is 0 Å². The summed E-state index contributed by atoms with van der Waals surface area (Å²) in [6.07, 6.45) is 3.74. The number of rotatable bonds is 4. The lowest BCUT2D eigenvalue weighted by Gasteiger charge is -2.13. The molecule has 3 rings (SSSR count). The van der Waals surface area contributed by atoms with Crippen LogP contribution in [0.3, 0.4) is 0 Å². The van der Waals surface area contributed by atoms with Crippen LogP contribution in [0.4, 0.5) is 5.69 Å². The summed E-state index contributed by atoms with van der Waals surface area (Å²) in [7, 11) is 4.05. The molecule has 0 aliphatic rings. The molecule has 0 aliphatic carbocycles. The van der Waals surface area contributed by atoms with Gasteiger partial charge in [-0.2, -0.15) is 5.26 Å². The molecular weight excluding hydrogens is 284 g/mol. The van der Waals surface area contributed by atoms with Gasteiger partial charge < -0.3 is 9.47 Å². The van der Waals surface area contributed by atoms with Crippen molar-refractivity contribution in [1.82, 2.24) is 9.55 Å². The highest BCUT2D eigenvalue weighted by Crippen LogP contribution is 2.22. The Balaban J connectivity index is 1.92. The molecule has 1 aromatic heterocycles. The van der Waals surface area contributed by atoms with Gasteiger partial charge in [-0.05, 0) is 35.9 Å². The predicted molar refractivity (Wildman–Crippen MR) is 92.2 cm³/mol. The van der Waals surface area contributed by atoms with Crippen LogP contribution < -0.4 is 4.90 Å². The average Bonchev–Trinajstić information content (AvgIpc) is 3.03. The van der Waals surface area contributed by atoms with Crippen molar-refractivity contribution < 1.29 is 0 Å². The van der Waals surface area contributed by atoms with Crippen molar-refractivity contribution in [3.8, 4) is 17.5 Å². The minimum atomic E-state index is 0.633. The molecule has 4 nitrogen and oxygen atoms in total. The fourth-order valence-corrected chi connectivity index (χ4v) is 2.56. The van der Waals surface area contributed by atoms with Crippen molar-refractivity contribution in [1.29, 1.82) is 5.26 Å². The largest absolute Gasteiger partial charge is 0.378 e. The van der Waals surface area contributed by atoms with Gasteiger partial charge in [0.2, 0.25) is 0 Å². The van der Waals surface area contributed by atoms with Gasteiger partial charge in [0.1, 0.15) is 5.82 Å². The van der Waals surface area contributed by atoms with Gasteiger partial charge in [0.05, 0.1) is 18.2 Å². The first-order chi connectivity index (χ1) is 11.2. The lowest BCUT2D eigenvalue weighted by Crippen LogP contribution is -2.08. The van der Waals surface area contributed by atoms with Crippen LogP contribution in [-0.2, 0) is 6.54 Å². The Morgan fingerprint density at radius 1 is 1.09 bits per heavy atom. The molecule has 0 bridgehead atoms. The van der Waals surface area contributed by atoms with Gasteiger partial charge in [-0.25, -0.2) is 4.98 Å². The van der Waals surface area contributed by atoms with E-state index in [-0.39, 0.29) is 0 Å². The second kappa shape index (κ2) is 6.37. The molecule has 0 saturated carbocycles. The third-order valence-corrected chi connectivity index (χ3v) is 3.84. The zero-order valence-electron chi connectivity index (χ0n) is 13.3. The lowest BCUT2D eigenvalue weighted by atomic mass is 10.1. The second-order valence-corrected chi connectivity index (χ2v) is 5.59.